The van der Waals surface area contributed by atoms with Crippen molar-refractivity contribution in [2.24, 2.45) is 0 Å². The van der Waals surface area contributed by atoms with Gasteiger partial charge in [-0.3, -0.25) is 0 Å². The van der Waals surface area contributed by atoms with Gasteiger partial charge in [0, 0.05) is 0 Å². The summed E-state index contributed by atoms with van der Waals surface area (Å²) in [4.78, 5) is 32.9. The van der Waals surface area contributed by atoms with Crippen LogP contribution < -0.4 is 10.2 Å². The number of hydrogen-bond acceptors (Lipinski definition) is 5. The molecule has 148 valence electrons. The zero-order valence-corrected chi connectivity index (χ0v) is 18.5. The Balaban J connectivity index is 1.56. The molecule has 5 rings (SSSR count). The summed E-state index contributed by atoms with van der Waals surface area (Å²) < 4.78 is 2.05. The van der Waals surface area contributed by atoms with Crippen molar-refractivity contribution in [3.05, 3.63) is 75.9 Å². The number of carbonyl (C=O) groups excluding carboxylic acids is 2. The molecule has 1 aromatic carbocycles. The molecule has 2 aromatic heterocycles. The van der Waals surface area contributed by atoms with Gasteiger partial charge in [0.2, 0.25) is 0 Å². The first kappa shape index (κ1) is 18.9. The minimum atomic E-state index is -0.455. The number of hydrogen-bond donors (Lipinski definition) is 1. The number of anilines is 3. The van der Waals surface area contributed by atoms with E-state index in [1.54, 1.807) is 13.1 Å². The van der Waals surface area contributed by atoms with Crippen LogP contribution in [0.15, 0.2) is 60.3 Å². The van der Waals surface area contributed by atoms with Gasteiger partial charge in [-0.05, 0) is 0 Å². The molecule has 1 N–H and O–H groups in total. The first-order valence-corrected chi connectivity index (χ1v) is 11.4. The summed E-state index contributed by atoms with van der Waals surface area (Å²) in [5, 5.41) is 2.68. The molecule has 2 aliphatic rings. The average Bonchev–Trinajstić information content (AvgIpc) is 3.21. The van der Waals surface area contributed by atoms with E-state index in [0.29, 0.717) is 0 Å². The van der Waals surface area contributed by atoms with E-state index in [1.165, 1.54) is 16.0 Å². The summed E-state index contributed by atoms with van der Waals surface area (Å²) in [5.74, 6) is 0.0935. The Morgan fingerprint density at radius 1 is 1.10 bits per heavy atom. The van der Waals surface area contributed by atoms with Gasteiger partial charge in [-0.2, -0.15) is 0 Å². The van der Waals surface area contributed by atoms with Gasteiger partial charge in [-0.1, -0.05) is 0 Å². The molecule has 0 aliphatic carbocycles. The second kappa shape index (κ2) is 7.32. The van der Waals surface area contributed by atoms with Crippen LogP contribution in [0, 0.1) is 0 Å². The number of thiocarbonyl (C=S) groups is 1. The zero-order valence-electron chi connectivity index (χ0n) is 16.0. The maximum atomic E-state index is 12.5. The van der Waals surface area contributed by atoms with Crippen LogP contribution in [0.25, 0.3) is 6.08 Å². The number of rotatable bonds is 2. The van der Waals surface area contributed by atoms with Crippen molar-refractivity contribution in [2.75, 3.05) is 11.9 Å². The molecule has 2 amide bonds. The van der Waals surface area contributed by atoms with Crippen molar-refractivity contribution in [3.8, 4) is 0 Å². The van der Waals surface area contributed by atoms with Gasteiger partial charge in [0.1, 0.15) is 0 Å². The number of fused-ring (bicyclic) bond motifs is 2. The van der Waals surface area contributed by atoms with E-state index >= 15 is 0 Å². The molecule has 0 atom stereocenters. The Morgan fingerprint density at radius 2 is 1.90 bits per heavy atom. The van der Waals surface area contributed by atoms with Crippen LogP contribution >= 0.6 is 12.2 Å². The molecule has 0 radical (unpaired) electrons. The third-order valence-corrected chi connectivity index (χ3v) is 7.63. The molecule has 6 nitrogen and oxygen atoms in total. The van der Waals surface area contributed by atoms with Crippen LogP contribution in [-0.2, 0) is 16.0 Å². The number of para-hydroxylation sites is 1. The van der Waals surface area contributed by atoms with E-state index in [2.05, 4.69) is 39.5 Å². The maximum absolute atomic E-state index is 12.5. The predicted octanol–water partition coefficient (Wildman–Crippen LogP) is 2.77. The minimum absolute atomic E-state index is 0.0939. The van der Waals surface area contributed by atoms with Crippen molar-refractivity contribution in [1.82, 2.24) is 15.2 Å². The first-order valence-electron chi connectivity index (χ1n) is 9.30. The average molecular weight is 479 g/mol. The first-order chi connectivity index (χ1) is 14.5. The molecule has 0 bridgehead atoms. The Morgan fingerprint density at radius 3 is 2.77 bits per heavy atom. The molecule has 0 spiro atoms. The number of pyridine rings is 1. The summed E-state index contributed by atoms with van der Waals surface area (Å²) in [5.41, 5.74) is 3.65. The van der Waals surface area contributed by atoms with Crippen LogP contribution in [0.4, 0.5) is 16.1 Å². The Hall–Kier alpha value is -3.06. The molecular weight excluding hydrogens is 463 g/mol. The Kier molecular flexibility index (Phi) is 4.62. The Bertz CT molecular complexity index is 1200. The summed E-state index contributed by atoms with van der Waals surface area (Å²) in [6, 6.07) is 16.4. The third kappa shape index (κ3) is 3.10. The standard InChI is InChI=1S/C22H16N4O2SSe/c1-25-21(28)16(20(27)24-22(25)29)12-15-8-9-18(30-15)26-17-7-3-2-5-13(17)11-14-6-4-10-23-19(14)26/h2-10,12H,11H2,1H3,(H,24,27,29)/b16-12+. The number of carbonyl (C=O) groups is 2. The van der Waals surface area contributed by atoms with Gasteiger partial charge < -0.3 is 0 Å². The fourth-order valence-electron chi connectivity index (χ4n) is 3.62. The monoisotopic (exact) mass is 480 g/mol. The van der Waals surface area contributed by atoms with E-state index in [1.807, 2.05) is 30.5 Å². The van der Waals surface area contributed by atoms with Crippen molar-refractivity contribution in [3.63, 3.8) is 0 Å². The van der Waals surface area contributed by atoms with Crippen molar-refractivity contribution < 1.29 is 9.59 Å². The van der Waals surface area contributed by atoms with Crippen LogP contribution in [-0.4, -0.2) is 48.4 Å². The molecule has 1 fully saturated rings. The van der Waals surface area contributed by atoms with E-state index < -0.39 is 5.91 Å². The number of aromatic nitrogens is 1. The number of amides is 2. The number of nitrogens with one attached hydrogen (secondary N) is 1. The van der Waals surface area contributed by atoms with Gasteiger partial charge in [-0.15, -0.1) is 0 Å². The Labute approximate surface area is 184 Å². The summed E-state index contributed by atoms with van der Waals surface area (Å²) >= 11 is 4.91. The van der Waals surface area contributed by atoms with Crippen molar-refractivity contribution in [2.45, 2.75) is 6.42 Å². The van der Waals surface area contributed by atoms with Gasteiger partial charge >= 0.3 is 185 Å². The SMILES string of the molecule is CN1C(=O)/C(=C/c2ccc(N3c4ccccc4Cc4cccnc43)[se]2)C(=O)NC1=S. The van der Waals surface area contributed by atoms with E-state index in [4.69, 9.17) is 12.2 Å². The second-order valence-corrected chi connectivity index (χ2v) is 9.67. The molecule has 3 aromatic rings. The summed E-state index contributed by atoms with van der Waals surface area (Å²) in [6.45, 7) is 0. The zero-order chi connectivity index (χ0) is 20.8. The predicted molar refractivity (Wildman–Crippen MR) is 120 cm³/mol. The van der Waals surface area contributed by atoms with Crippen molar-refractivity contribution >= 4 is 65.8 Å². The van der Waals surface area contributed by atoms with E-state index in [0.717, 1.165) is 26.9 Å². The molecule has 2 aliphatic heterocycles. The van der Waals surface area contributed by atoms with Gasteiger partial charge in [0.05, 0.1) is 0 Å². The van der Waals surface area contributed by atoms with Gasteiger partial charge in [0.25, 0.3) is 0 Å². The molecule has 0 saturated carbocycles. The van der Waals surface area contributed by atoms with Crippen LogP contribution in [0.1, 0.15) is 15.6 Å². The van der Waals surface area contributed by atoms with E-state index in [-0.39, 0.29) is 31.1 Å². The number of likely N-dealkylation sites (N-methyl/N-ethyl adjacent to an activating group) is 1. The van der Waals surface area contributed by atoms with Crippen LogP contribution in [0.5, 0.6) is 0 Å². The van der Waals surface area contributed by atoms with Crippen LogP contribution in [0.3, 0.4) is 0 Å². The van der Waals surface area contributed by atoms with Gasteiger partial charge in [-0.25, -0.2) is 0 Å². The van der Waals surface area contributed by atoms with E-state index in [9.17, 15) is 9.59 Å². The second-order valence-electron chi connectivity index (χ2n) is 6.98. The molecular formula is C22H16N4O2SSe. The molecule has 8 heteroatoms. The fourth-order valence-corrected chi connectivity index (χ4v) is 5.82. The number of benzene rings is 1. The molecule has 1 saturated heterocycles. The van der Waals surface area contributed by atoms with Crippen molar-refractivity contribution in [1.29, 1.82) is 0 Å². The number of nitrogens with zero attached hydrogens (tertiary/aromatic N) is 3. The quantitative estimate of drug-likeness (QED) is 0.207. The molecule has 30 heavy (non-hydrogen) atoms. The summed E-state index contributed by atoms with van der Waals surface area (Å²) in [7, 11) is 1.56. The topological polar surface area (TPSA) is 65.5 Å². The fraction of sp³-hybridized carbons (Fsp3) is 0.0909. The third-order valence-electron chi connectivity index (χ3n) is 5.12. The normalized spacial score (nSPS) is 17.1. The van der Waals surface area contributed by atoms with Gasteiger partial charge in [0.15, 0.2) is 0 Å². The molecule has 0 unspecified atom stereocenters. The summed E-state index contributed by atoms with van der Waals surface area (Å²) in [6.07, 6.45) is 4.33. The van der Waals surface area contributed by atoms with Crippen LogP contribution in [0.2, 0.25) is 0 Å². The molecule has 4 heterocycles.